The molecule has 1 aromatic heterocycles. The van der Waals surface area contributed by atoms with Crippen LogP contribution in [0.5, 0.6) is 0 Å². The standard InChI is InChI=1S/C14H15ClN2OS/c1-14(2,9-15)13(18)17-11-5-3-4-10(8-11)12-16-6-7-19-12/h3-8H,9H2,1-2H3,(H,17,18). The van der Waals surface area contributed by atoms with E-state index in [-0.39, 0.29) is 11.8 Å². The normalized spacial score (nSPS) is 11.3. The van der Waals surface area contributed by atoms with Crippen molar-refractivity contribution in [3.05, 3.63) is 35.8 Å². The van der Waals surface area contributed by atoms with Crippen molar-refractivity contribution < 1.29 is 4.79 Å². The molecule has 0 unspecified atom stereocenters. The summed E-state index contributed by atoms with van der Waals surface area (Å²) >= 11 is 7.37. The average molecular weight is 295 g/mol. The van der Waals surface area contributed by atoms with E-state index in [2.05, 4.69) is 10.3 Å². The molecule has 3 nitrogen and oxygen atoms in total. The van der Waals surface area contributed by atoms with Crippen molar-refractivity contribution in [2.45, 2.75) is 13.8 Å². The molecule has 0 radical (unpaired) electrons. The monoisotopic (exact) mass is 294 g/mol. The Kier molecular flexibility index (Phi) is 4.22. The number of hydrogen-bond donors (Lipinski definition) is 1. The molecule has 1 amide bonds. The van der Waals surface area contributed by atoms with Crippen LogP contribution < -0.4 is 5.32 Å². The second kappa shape index (κ2) is 5.72. The molecule has 0 aliphatic rings. The fourth-order valence-corrected chi connectivity index (χ4v) is 2.21. The van der Waals surface area contributed by atoms with E-state index in [9.17, 15) is 4.79 Å². The molecule has 2 aromatic rings. The molecule has 5 heteroatoms. The molecule has 19 heavy (non-hydrogen) atoms. The zero-order valence-corrected chi connectivity index (χ0v) is 12.4. The first-order valence-electron chi connectivity index (χ1n) is 5.90. The van der Waals surface area contributed by atoms with Gasteiger partial charge in [0.05, 0.1) is 5.41 Å². The molecule has 0 fully saturated rings. The lowest BCUT2D eigenvalue weighted by atomic mass is 9.95. The number of hydrogen-bond acceptors (Lipinski definition) is 3. The number of rotatable bonds is 4. The Hall–Kier alpha value is -1.39. The van der Waals surface area contributed by atoms with Crippen LogP contribution in [-0.2, 0) is 4.79 Å². The highest BCUT2D eigenvalue weighted by Crippen LogP contribution is 2.26. The number of benzene rings is 1. The van der Waals surface area contributed by atoms with Gasteiger partial charge in [0.2, 0.25) is 5.91 Å². The van der Waals surface area contributed by atoms with E-state index in [1.54, 1.807) is 17.5 Å². The van der Waals surface area contributed by atoms with Crippen LogP contribution in [0.2, 0.25) is 0 Å². The van der Waals surface area contributed by atoms with Gasteiger partial charge in [0.25, 0.3) is 0 Å². The quantitative estimate of drug-likeness (QED) is 0.866. The third-order valence-electron chi connectivity index (χ3n) is 2.75. The Morgan fingerprint density at radius 2 is 2.26 bits per heavy atom. The van der Waals surface area contributed by atoms with Gasteiger partial charge in [-0.25, -0.2) is 4.98 Å². The van der Waals surface area contributed by atoms with Gasteiger partial charge in [0, 0.05) is 28.7 Å². The number of nitrogens with zero attached hydrogens (tertiary/aromatic N) is 1. The fourth-order valence-electron chi connectivity index (χ4n) is 1.46. The molecule has 0 spiro atoms. The van der Waals surface area contributed by atoms with Gasteiger partial charge in [-0.3, -0.25) is 4.79 Å². The maximum absolute atomic E-state index is 12.1. The average Bonchev–Trinajstić information content (AvgIpc) is 2.93. The van der Waals surface area contributed by atoms with E-state index in [4.69, 9.17) is 11.6 Å². The largest absolute Gasteiger partial charge is 0.326 e. The Balaban J connectivity index is 2.19. The van der Waals surface area contributed by atoms with E-state index in [1.165, 1.54) is 0 Å². The SMILES string of the molecule is CC(C)(CCl)C(=O)Nc1cccc(-c2nccs2)c1. The van der Waals surface area contributed by atoms with Gasteiger partial charge in [-0.15, -0.1) is 22.9 Å². The first-order chi connectivity index (χ1) is 9.03. The van der Waals surface area contributed by atoms with E-state index >= 15 is 0 Å². The molecular weight excluding hydrogens is 280 g/mol. The molecule has 1 heterocycles. The summed E-state index contributed by atoms with van der Waals surface area (Å²) in [6, 6.07) is 7.65. The lowest BCUT2D eigenvalue weighted by Gasteiger charge is -2.20. The highest BCUT2D eigenvalue weighted by atomic mass is 35.5. The third kappa shape index (κ3) is 3.33. The second-order valence-corrected chi connectivity index (χ2v) is 6.05. The van der Waals surface area contributed by atoms with Crippen LogP contribution >= 0.6 is 22.9 Å². The Labute approximate surface area is 121 Å². The Bertz CT molecular complexity index is 567. The molecule has 1 N–H and O–H groups in total. The highest BCUT2D eigenvalue weighted by Gasteiger charge is 2.26. The zero-order chi connectivity index (χ0) is 13.9. The Morgan fingerprint density at radius 3 is 2.89 bits per heavy atom. The molecule has 1 aromatic carbocycles. The van der Waals surface area contributed by atoms with Gasteiger partial charge in [0.15, 0.2) is 0 Å². The van der Waals surface area contributed by atoms with Crippen molar-refractivity contribution >= 4 is 34.5 Å². The summed E-state index contributed by atoms with van der Waals surface area (Å²) in [5.74, 6) is 0.198. The van der Waals surface area contributed by atoms with Crippen molar-refractivity contribution in [2.75, 3.05) is 11.2 Å². The van der Waals surface area contributed by atoms with Crippen molar-refractivity contribution in [3.63, 3.8) is 0 Å². The number of amides is 1. The second-order valence-electron chi connectivity index (χ2n) is 4.89. The van der Waals surface area contributed by atoms with Crippen LogP contribution in [0, 0.1) is 5.41 Å². The lowest BCUT2D eigenvalue weighted by molar-refractivity contribution is -0.122. The summed E-state index contributed by atoms with van der Waals surface area (Å²) < 4.78 is 0. The smallest absolute Gasteiger partial charge is 0.231 e. The maximum atomic E-state index is 12.1. The van der Waals surface area contributed by atoms with Gasteiger partial charge in [-0.1, -0.05) is 12.1 Å². The van der Waals surface area contributed by atoms with Crippen LogP contribution in [0.3, 0.4) is 0 Å². The van der Waals surface area contributed by atoms with E-state index in [0.717, 1.165) is 16.3 Å². The molecule has 0 saturated heterocycles. The van der Waals surface area contributed by atoms with Crippen LogP contribution in [0.15, 0.2) is 35.8 Å². The minimum atomic E-state index is -0.585. The van der Waals surface area contributed by atoms with Crippen LogP contribution in [0.4, 0.5) is 5.69 Å². The predicted octanol–water partition coefficient (Wildman–Crippen LogP) is 4.01. The number of nitrogens with one attached hydrogen (secondary N) is 1. The number of carbonyl (C=O) groups excluding carboxylic acids is 1. The molecule has 0 saturated carbocycles. The molecule has 0 aliphatic heterocycles. The molecule has 0 aliphatic carbocycles. The predicted molar refractivity (Wildman–Crippen MR) is 80.7 cm³/mol. The molecule has 0 bridgehead atoms. The summed E-state index contributed by atoms with van der Waals surface area (Å²) in [5, 5.41) is 5.75. The van der Waals surface area contributed by atoms with Crippen molar-refractivity contribution in [1.29, 1.82) is 0 Å². The first kappa shape index (κ1) is 14.0. The van der Waals surface area contributed by atoms with Crippen LogP contribution in [0.1, 0.15) is 13.8 Å². The highest BCUT2D eigenvalue weighted by molar-refractivity contribution is 7.13. The minimum absolute atomic E-state index is 0.0845. The molecule has 0 atom stereocenters. The van der Waals surface area contributed by atoms with Gasteiger partial charge in [-0.05, 0) is 26.0 Å². The van der Waals surface area contributed by atoms with Crippen molar-refractivity contribution in [1.82, 2.24) is 4.98 Å². The number of carbonyl (C=O) groups is 1. The molecule has 2 rings (SSSR count). The minimum Gasteiger partial charge on any atom is -0.326 e. The van der Waals surface area contributed by atoms with Gasteiger partial charge < -0.3 is 5.32 Å². The van der Waals surface area contributed by atoms with Crippen LogP contribution in [-0.4, -0.2) is 16.8 Å². The molecule has 100 valence electrons. The summed E-state index contributed by atoms with van der Waals surface area (Å²) in [7, 11) is 0. The number of alkyl halides is 1. The summed E-state index contributed by atoms with van der Waals surface area (Å²) in [6.45, 7) is 3.64. The van der Waals surface area contributed by atoms with Crippen LogP contribution in [0.25, 0.3) is 10.6 Å². The zero-order valence-electron chi connectivity index (χ0n) is 10.8. The molecular formula is C14H15ClN2OS. The summed E-state index contributed by atoms with van der Waals surface area (Å²) in [6.07, 6.45) is 1.77. The van der Waals surface area contributed by atoms with E-state index < -0.39 is 5.41 Å². The van der Waals surface area contributed by atoms with Gasteiger partial charge >= 0.3 is 0 Å². The number of anilines is 1. The summed E-state index contributed by atoms with van der Waals surface area (Å²) in [5.41, 5.74) is 1.17. The number of halogens is 1. The van der Waals surface area contributed by atoms with Gasteiger partial charge in [-0.2, -0.15) is 0 Å². The number of thiazole rings is 1. The first-order valence-corrected chi connectivity index (χ1v) is 7.32. The maximum Gasteiger partial charge on any atom is 0.231 e. The van der Waals surface area contributed by atoms with E-state index in [1.807, 2.05) is 43.5 Å². The lowest BCUT2D eigenvalue weighted by Crippen LogP contribution is -2.32. The third-order valence-corrected chi connectivity index (χ3v) is 4.24. The Morgan fingerprint density at radius 1 is 1.47 bits per heavy atom. The fraction of sp³-hybridized carbons (Fsp3) is 0.286. The van der Waals surface area contributed by atoms with Crippen molar-refractivity contribution in [2.24, 2.45) is 5.41 Å². The topological polar surface area (TPSA) is 42.0 Å². The number of aromatic nitrogens is 1. The summed E-state index contributed by atoms with van der Waals surface area (Å²) in [4.78, 5) is 16.3. The van der Waals surface area contributed by atoms with Gasteiger partial charge in [0.1, 0.15) is 5.01 Å². The van der Waals surface area contributed by atoms with E-state index in [0.29, 0.717) is 0 Å². The van der Waals surface area contributed by atoms with Crippen molar-refractivity contribution in [3.8, 4) is 10.6 Å².